The zero-order valence-electron chi connectivity index (χ0n) is 16.5. The highest BCUT2D eigenvalue weighted by atomic mass is 16.2. The maximum Gasteiger partial charge on any atom is 0.261 e. The minimum absolute atomic E-state index is 0.00442. The summed E-state index contributed by atoms with van der Waals surface area (Å²) in [6.45, 7) is 7.30. The molecule has 1 aromatic heterocycles. The number of aromatic nitrogens is 1. The Labute approximate surface area is 165 Å². The quantitative estimate of drug-likeness (QED) is 0.772. The number of hydrogen-bond donors (Lipinski definition) is 2. The number of carbonyl (C=O) groups excluding carboxylic acids is 2. The van der Waals surface area contributed by atoms with Gasteiger partial charge in [0.15, 0.2) is 5.78 Å². The molecule has 6 heteroatoms. The smallest absolute Gasteiger partial charge is 0.261 e. The van der Waals surface area contributed by atoms with Crippen LogP contribution in [0.2, 0.25) is 0 Å². The Morgan fingerprint density at radius 2 is 1.82 bits per heavy atom. The number of carbonyl (C=O) groups is 2. The van der Waals surface area contributed by atoms with Gasteiger partial charge in [0.1, 0.15) is 5.56 Å². The predicted molar refractivity (Wildman–Crippen MR) is 109 cm³/mol. The van der Waals surface area contributed by atoms with E-state index in [0.29, 0.717) is 30.6 Å². The van der Waals surface area contributed by atoms with Gasteiger partial charge in [0.05, 0.1) is 0 Å². The Kier molecular flexibility index (Phi) is 6.41. The molecule has 1 aromatic carbocycles. The van der Waals surface area contributed by atoms with E-state index in [1.807, 2.05) is 18.2 Å². The Morgan fingerprint density at radius 3 is 2.54 bits per heavy atom. The number of amides is 1. The summed E-state index contributed by atoms with van der Waals surface area (Å²) in [6.07, 6.45) is 1.85. The molecule has 3 rings (SSSR count). The number of H-pyrrole nitrogens is 1. The number of pyridine rings is 1. The van der Waals surface area contributed by atoms with Crippen LogP contribution in [-0.4, -0.2) is 34.7 Å². The van der Waals surface area contributed by atoms with Crippen molar-refractivity contribution in [2.45, 2.75) is 46.2 Å². The largest absolute Gasteiger partial charge is 0.348 e. The first-order valence-corrected chi connectivity index (χ1v) is 9.90. The zero-order chi connectivity index (χ0) is 20.1. The van der Waals surface area contributed by atoms with Crippen molar-refractivity contribution in [1.82, 2.24) is 15.2 Å². The first-order valence-electron chi connectivity index (χ1n) is 9.90. The summed E-state index contributed by atoms with van der Waals surface area (Å²) in [5, 5.41) is 2.84. The third-order valence-corrected chi connectivity index (χ3v) is 5.34. The monoisotopic (exact) mass is 381 g/mol. The van der Waals surface area contributed by atoms with E-state index < -0.39 is 11.5 Å². The van der Waals surface area contributed by atoms with Crippen LogP contribution in [-0.2, 0) is 19.5 Å². The van der Waals surface area contributed by atoms with E-state index >= 15 is 0 Å². The molecule has 0 bridgehead atoms. The van der Waals surface area contributed by atoms with Crippen LogP contribution in [0.5, 0.6) is 0 Å². The number of Topliss-reactive ketones (excluding diaryl/α,β-unsaturated/α-hetero) is 1. The van der Waals surface area contributed by atoms with Crippen molar-refractivity contribution in [3.63, 3.8) is 0 Å². The van der Waals surface area contributed by atoms with E-state index in [0.717, 1.165) is 37.2 Å². The Hall–Kier alpha value is -2.73. The lowest BCUT2D eigenvalue weighted by molar-refractivity contribution is 0.0949. The van der Waals surface area contributed by atoms with Gasteiger partial charge in [0, 0.05) is 30.8 Å². The molecule has 1 aliphatic rings. The number of ketones is 1. The van der Waals surface area contributed by atoms with Crippen LogP contribution in [0.25, 0.3) is 0 Å². The van der Waals surface area contributed by atoms with Crippen molar-refractivity contribution in [2.75, 3.05) is 13.1 Å². The maximum absolute atomic E-state index is 12.6. The van der Waals surface area contributed by atoms with Crippen LogP contribution >= 0.6 is 0 Å². The van der Waals surface area contributed by atoms with Gasteiger partial charge in [-0.1, -0.05) is 38.1 Å². The van der Waals surface area contributed by atoms with Gasteiger partial charge in [-0.2, -0.15) is 0 Å². The molecule has 0 aliphatic heterocycles. The lowest BCUT2D eigenvalue weighted by Crippen LogP contribution is -2.32. The molecule has 148 valence electrons. The molecule has 0 fully saturated rings. The number of aromatic amines is 1. The predicted octanol–water partition coefficient (Wildman–Crippen LogP) is 2.67. The summed E-state index contributed by atoms with van der Waals surface area (Å²) in [5.74, 6) is -0.476. The molecule has 6 nitrogen and oxygen atoms in total. The van der Waals surface area contributed by atoms with Crippen LogP contribution in [0.4, 0.5) is 0 Å². The number of fused-ring (bicyclic) bond motifs is 1. The van der Waals surface area contributed by atoms with Crippen LogP contribution < -0.4 is 10.9 Å². The molecule has 28 heavy (non-hydrogen) atoms. The first kappa shape index (κ1) is 20.0. The maximum atomic E-state index is 12.6. The molecule has 1 aliphatic carbocycles. The molecular weight excluding hydrogens is 354 g/mol. The molecule has 1 amide bonds. The second kappa shape index (κ2) is 8.97. The second-order valence-electron chi connectivity index (χ2n) is 7.09. The number of nitrogens with zero attached hydrogens (tertiary/aromatic N) is 1. The third kappa shape index (κ3) is 4.39. The van der Waals surface area contributed by atoms with Crippen LogP contribution in [0.3, 0.4) is 0 Å². The Balaban J connectivity index is 1.76. The Morgan fingerprint density at radius 1 is 1.11 bits per heavy atom. The topological polar surface area (TPSA) is 82.3 Å². The highest BCUT2D eigenvalue weighted by molar-refractivity contribution is 6.01. The van der Waals surface area contributed by atoms with Gasteiger partial charge < -0.3 is 10.3 Å². The summed E-state index contributed by atoms with van der Waals surface area (Å²) in [6, 6.07) is 9.43. The standard InChI is InChI=1S/C22H27N3O3/c1-3-25(4-2)14-16-9-6-5-8-15(16)13-23-21(27)18-12-17-19(24-22(18)28)10-7-11-20(17)26/h5-6,8-9,12H,3-4,7,10-11,13-14H2,1-2H3,(H,23,27)(H,24,28). The van der Waals surface area contributed by atoms with Crippen molar-refractivity contribution in [3.8, 4) is 0 Å². The van der Waals surface area contributed by atoms with Crippen molar-refractivity contribution in [3.05, 3.63) is 68.6 Å². The van der Waals surface area contributed by atoms with Crippen molar-refractivity contribution >= 4 is 11.7 Å². The van der Waals surface area contributed by atoms with Crippen molar-refractivity contribution in [2.24, 2.45) is 0 Å². The van der Waals surface area contributed by atoms with Crippen molar-refractivity contribution < 1.29 is 9.59 Å². The summed E-state index contributed by atoms with van der Waals surface area (Å²) >= 11 is 0. The number of rotatable bonds is 7. The average molecular weight is 381 g/mol. The minimum atomic E-state index is -0.458. The van der Waals surface area contributed by atoms with Gasteiger partial charge in [-0.15, -0.1) is 0 Å². The van der Waals surface area contributed by atoms with Gasteiger partial charge in [0.25, 0.3) is 11.5 Å². The molecule has 2 aromatic rings. The molecule has 0 unspecified atom stereocenters. The van der Waals surface area contributed by atoms with E-state index in [2.05, 4.69) is 35.1 Å². The second-order valence-corrected chi connectivity index (χ2v) is 7.09. The fraction of sp³-hybridized carbons (Fsp3) is 0.409. The van der Waals surface area contributed by atoms with E-state index in [1.54, 1.807) is 0 Å². The highest BCUT2D eigenvalue weighted by Crippen LogP contribution is 2.19. The van der Waals surface area contributed by atoms with Gasteiger partial charge in [0.2, 0.25) is 0 Å². The van der Waals surface area contributed by atoms with Crippen molar-refractivity contribution in [1.29, 1.82) is 0 Å². The SMILES string of the molecule is CCN(CC)Cc1ccccc1CNC(=O)c1cc2c([nH]c1=O)CCCC2=O. The summed E-state index contributed by atoms with van der Waals surface area (Å²) in [5.41, 5.74) is 2.84. The van der Waals surface area contributed by atoms with Crippen LogP contribution in [0, 0.1) is 0 Å². The lowest BCUT2D eigenvalue weighted by Gasteiger charge is -2.20. The van der Waals surface area contributed by atoms with Gasteiger partial charge in [-0.25, -0.2) is 0 Å². The zero-order valence-corrected chi connectivity index (χ0v) is 16.5. The molecule has 0 spiro atoms. The average Bonchev–Trinajstić information content (AvgIpc) is 2.70. The van der Waals surface area contributed by atoms with E-state index in [-0.39, 0.29) is 11.3 Å². The molecule has 1 heterocycles. The fourth-order valence-corrected chi connectivity index (χ4v) is 3.59. The van der Waals surface area contributed by atoms with Crippen LogP contribution in [0.1, 0.15) is 64.2 Å². The number of hydrogen-bond acceptors (Lipinski definition) is 4. The van der Waals surface area contributed by atoms with E-state index in [1.165, 1.54) is 6.07 Å². The molecule has 0 atom stereocenters. The van der Waals surface area contributed by atoms with Gasteiger partial charge in [-0.3, -0.25) is 19.3 Å². The fourth-order valence-electron chi connectivity index (χ4n) is 3.59. The van der Waals surface area contributed by atoms with E-state index in [4.69, 9.17) is 0 Å². The normalized spacial score (nSPS) is 13.5. The van der Waals surface area contributed by atoms with Crippen LogP contribution in [0.15, 0.2) is 35.1 Å². The summed E-state index contributed by atoms with van der Waals surface area (Å²) in [4.78, 5) is 42.0. The summed E-state index contributed by atoms with van der Waals surface area (Å²) < 4.78 is 0. The molecular formula is C22H27N3O3. The minimum Gasteiger partial charge on any atom is -0.348 e. The third-order valence-electron chi connectivity index (χ3n) is 5.34. The van der Waals surface area contributed by atoms with Gasteiger partial charge >= 0.3 is 0 Å². The number of aryl methyl sites for hydroxylation is 1. The summed E-state index contributed by atoms with van der Waals surface area (Å²) in [7, 11) is 0. The van der Waals surface area contributed by atoms with E-state index in [9.17, 15) is 14.4 Å². The highest BCUT2D eigenvalue weighted by Gasteiger charge is 2.22. The molecule has 2 N–H and O–H groups in total. The molecule has 0 radical (unpaired) electrons. The van der Waals surface area contributed by atoms with Gasteiger partial charge in [-0.05, 0) is 43.1 Å². The lowest BCUT2D eigenvalue weighted by atomic mass is 9.93. The first-order chi connectivity index (χ1) is 13.5. The molecule has 0 saturated carbocycles. The number of benzene rings is 1. The Bertz CT molecular complexity index is 929. The molecule has 0 saturated heterocycles. The number of nitrogens with one attached hydrogen (secondary N) is 2.